The van der Waals surface area contributed by atoms with Crippen LogP contribution in [0, 0.1) is 0 Å². The van der Waals surface area contributed by atoms with Gasteiger partial charge in [-0.1, -0.05) is 18.2 Å². The SMILES string of the molecule is C=CC(=O)N1CC[C@@]2(c3ccnc(C4=CNC5NC=C(Cl)C=C45)n3)N[C@]2(C(=O)NCC(F)(F)F)C1. The lowest BCUT2D eigenvalue weighted by Gasteiger charge is -2.34. The molecule has 4 aliphatic heterocycles. The molecule has 1 aromatic rings. The van der Waals surface area contributed by atoms with Gasteiger partial charge in [-0.05, 0) is 24.6 Å². The number of nitrogens with zero attached hydrogens (tertiary/aromatic N) is 3. The van der Waals surface area contributed by atoms with E-state index < -0.39 is 35.6 Å². The van der Waals surface area contributed by atoms with Gasteiger partial charge in [0.05, 0.1) is 22.8 Å². The minimum atomic E-state index is -4.58. The third-order valence-corrected chi connectivity index (χ3v) is 6.85. The molecule has 184 valence electrons. The minimum Gasteiger partial charge on any atom is -0.367 e. The molecule has 4 N–H and O–H groups in total. The minimum absolute atomic E-state index is 0.122. The van der Waals surface area contributed by atoms with Crippen molar-refractivity contribution in [1.82, 2.24) is 36.1 Å². The molecule has 1 unspecified atom stereocenters. The Kier molecular flexibility index (Phi) is 5.40. The molecule has 9 nitrogen and oxygen atoms in total. The van der Waals surface area contributed by atoms with Crippen LogP contribution in [0.3, 0.4) is 0 Å². The summed E-state index contributed by atoms with van der Waals surface area (Å²) in [6, 6.07) is 1.63. The summed E-state index contributed by atoms with van der Waals surface area (Å²) in [7, 11) is 0. The number of piperidine rings is 1. The van der Waals surface area contributed by atoms with Gasteiger partial charge in [-0.25, -0.2) is 9.97 Å². The maximum Gasteiger partial charge on any atom is 0.405 e. The fourth-order valence-electron chi connectivity index (χ4n) is 4.90. The first-order chi connectivity index (χ1) is 16.6. The Bertz CT molecular complexity index is 1210. The molecule has 13 heteroatoms. The van der Waals surface area contributed by atoms with E-state index in [2.05, 4.69) is 27.5 Å². The van der Waals surface area contributed by atoms with Crippen molar-refractivity contribution in [3.63, 3.8) is 0 Å². The number of likely N-dealkylation sites (tertiary alicyclic amines) is 1. The molecule has 0 bridgehead atoms. The Hall–Kier alpha value is -3.38. The number of hydrogen-bond acceptors (Lipinski definition) is 7. The quantitative estimate of drug-likeness (QED) is 0.346. The van der Waals surface area contributed by atoms with Crippen molar-refractivity contribution >= 4 is 29.0 Å². The lowest BCUT2D eigenvalue weighted by atomic mass is 9.82. The number of alkyl halides is 3. The molecule has 0 radical (unpaired) electrons. The summed E-state index contributed by atoms with van der Waals surface area (Å²) in [5.74, 6) is -0.891. The van der Waals surface area contributed by atoms with E-state index in [0.29, 0.717) is 22.1 Å². The predicted octanol–water partition coefficient (Wildman–Crippen LogP) is 0.991. The van der Waals surface area contributed by atoms with E-state index in [4.69, 9.17) is 16.6 Å². The second-order valence-electron chi connectivity index (χ2n) is 8.67. The van der Waals surface area contributed by atoms with Crippen molar-refractivity contribution in [2.45, 2.75) is 29.8 Å². The smallest absolute Gasteiger partial charge is 0.367 e. The van der Waals surface area contributed by atoms with Gasteiger partial charge in [0.15, 0.2) is 5.82 Å². The Balaban J connectivity index is 1.48. The third kappa shape index (κ3) is 3.86. The normalized spacial score (nSPS) is 28.9. The topological polar surface area (TPSA) is 121 Å². The van der Waals surface area contributed by atoms with Gasteiger partial charge in [-0.3, -0.25) is 14.9 Å². The number of allylic oxidation sites excluding steroid dienone is 2. The van der Waals surface area contributed by atoms with Crippen molar-refractivity contribution < 1.29 is 22.8 Å². The molecule has 2 amide bonds. The molecule has 3 atom stereocenters. The lowest BCUT2D eigenvalue weighted by Crippen LogP contribution is -2.56. The van der Waals surface area contributed by atoms with Crippen LogP contribution in [0.15, 0.2) is 54.0 Å². The monoisotopic (exact) mass is 507 g/mol. The molecular weight excluding hydrogens is 487 g/mol. The highest BCUT2D eigenvalue weighted by atomic mass is 35.5. The van der Waals surface area contributed by atoms with E-state index in [-0.39, 0.29) is 25.7 Å². The predicted molar refractivity (Wildman–Crippen MR) is 120 cm³/mol. The molecule has 2 saturated heterocycles. The lowest BCUT2D eigenvalue weighted by molar-refractivity contribution is -0.142. The number of dihydropyridines is 1. The van der Waals surface area contributed by atoms with Gasteiger partial charge in [0.1, 0.15) is 18.2 Å². The van der Waals surface area contributed by atoms with Crippen LogP contribution in [-0.4, -0.2) is 64.2 Å². The van der Waals surface area contributed by atoms with E-state index in [1.807, 2.05) is 5.32 Å². The highest BCUT2D eigenvalue weighted by Gasteiger charge is 2.75. The van der Waals surface area contributed by atoms with Gasteiger partial charge in [-0.15, -0.1) is 0 Å². The summed E-state index contributed by atoms with van der Waals surface area (Å²) in [5.41, 5.74) is -0.550. The summed E-state index contributed by atoms with van der Waals surface area (Å²) in [4.78, 5) is 35.8. The molecule has 2 fully saturated rings. The number of amides is 2. The van der Waals surface area contributed by atoms with Crippen molar-refractivity contribution in [2.75, 3.05) is 19.6 Å². The highest BCUT2D eigenvalue weighted by molar-refractivity contribution is 6.31. The van der Waals surface area contributed by atoms with Crippen LogP contribution in [0.25, 0.3) is 5.57 Å². The standard InChI is InChI=1S/C22H21ClF3N7O2/c1-2-16(34)33-6-4-20(21(11-33,32-20)19(35)30-10-22(24,25)26)15-3-5-27-18(31-15)14-9-29-17-13(14)7-12(23)8-28-17/h2-3,5,7-9,17,28-29,32H,1,4,6,10-11H2,(H,30,35)/t17?,20-,21-/m0/s1. The first-order valence-corrected chi connectivity index (χ1v) is 11.2. The van der Waals surface area contributed by atoms with Crippen molar-refractivity contribution in [3.05, 3.63) is 65.5 Å². The molecule has 0 aromatic carbocycles. The fraction of sp³-hybridized carbons (Fsp3) is 0.364. The second kappa shape index (κ2) is 8.09. The summed E-state index contributed by atoms with van der Waals surface area (Å²) >= 11 is 6.14. The Morgan fingerprint density at radius 1 is 1.34 bits per heavy atom. The van der Waals surface area contributed by atoms with Crippen LogP contribution in [0.4, 0.5) is 13.2 Å². The Morgan fingerprint density at radius 3 is 2.86 bits per heavy atom. The Labute approximate surface area is 203 Å². The van der Waals surface area contributed by atoms with Gasteiger partial charge in [-0.2, -0.15) is 13.2 Å². The molecule has 4 aliphatic rings. The average Bonchev–Trinajstić information content (AvgIpc) is 3.38. The average molecular weight is 508 g/mol. The molecule has 0 aliphatic carbocycles. The first-order valence-electron chi connectivity index (χ1n) is 10.8. The summed E-state index contributed by atoms with van der Waals surface area (Å²) in [6.45, 7) is 2.13. The fourth-order valence-corrected chi connectivity index (χ4v) is 5.08. The van der Waals surface area contributed by atoms with Crippen LogP contribution in [0.5, 0.6) is 0 Å². The summed E-state index contributed by atoms with van der Waals surface area (Å²) in [5, 5.41) is 11.9. The Morgan fingerprint density at radius 2 is 2.11 bits per heavy atom. The highest BCUT2D eigenvalue weighted by Crippen LogP contribution is 2.53. The maximum atomic E-state index is 13.1. The number of rotatable bonds is 5. The maximum absolute atomic E-state index is 13.1. The van der Waals surface area contributed by atoms with Gasteiger partial charge in [0.25, 0.3) is 0 Å². The van der Waals surface area contributed by atoms with Crippen molar-refractivity contribution in [2.24, 2.45) is 0 Å². The van der Waals surface area contributed by atoms with E-state index in [1.165, 1.54) is 11.1 Å². The van der Waals surface area contributed by atoms with Crippen LogP contribution in [0.2, 0.25) is 0 Å². The third-order valence-electron chi connectivity index (χ3n) is 6.63. The zero-order valence-corrected chi connectivity index (χ0v) is 19.0. The van der Waals surface area contributed by atoms with Crippen LogP contribution in [0.1, 0.15) is 17.9 Å². The van der Waals surface area contributed by atoms with E-state index in [0.717, 1.165) is 11.6 Å². The van der Waals surface area contributed by atoms with Crippen molar-refractivity contribution in [3.8, 4) is 0 Å². The van der Waals surface area contributed by atoms with Crippen LogP contribution < -0.4 is 21.3 Å². The number of fused-ring (bicyclic) bond motifs is 2. The number of hydrogen-bond donors (Lipinski definition) is 4. The number of carbonyl (C=O) groups excluding carboxylic acids is 2. The first kappa shape index (κ1) is 23.4. The molecule has 0 spiro atoms. The molecule has 1 aromatic heterocycles. The summed E-state index contributed by atoms with van der Waals surface area (Å²) < 4.78 is 38.5. The van der Waals surface area contributed by atoms with Gasteiger partial charge < -0.3 is 20.9 Å². The number of carbonyl (C=O) groups is 2. The zero-order chi connectivity index (χ0) is 25.0. The molecule has 5 rings (SSSR count). The molecule has 0 saturated carbocycles. The second-order valence-corrected chi connectivity index (χ2v) is 9.10. The largest absolute Gasteiger partial charge is 0.405 e. The summed E-state index contributed by atoms with van der Waals surface area (Å²) in [6.07, 6.45) is 3.34. The van der Waals surface area contributed by atoms with Gasteiger partial charge in [0.2, 0.25) is 11.8 Å². The van der Waals surface area contributed by atoms with Crippen molar-refractivity contribution in [1.29, 1.82) is 0 Å². The van der Waals surface area contributed by atoms with Gasteiger partial charge >= 0.3 is 6.18 Å². The zero-order valence-electron chi connectivity index (χ0n) is 18.2. The van der Waals surface area contributed by atoms with E-state index >= 15 is 0 Å². The number of halogens is 4. The van der Waals surface area contributed by atoms with E-state index in [1.54, 1.807) is 24.5 Å². The number of aromatic nitrogens is 2. The number of nitrogens with one attached hydrogen (secondary N) is 4. The van der Waals surface area contributed by atoms with Crippen LogP contribution in [-0.2, 0) is 15.1 Å². The molecule has 35 heavy (non-hydrogen) atoms. The molecule has 5 heterocycles. The van der Waals surface area contributed by atoms with Gasteiger partial charge in [0, 0.05) is 36.3 Å². The van der Waals surface area contributed by atoms with E-state index in [9.17, 15) is 22.8 Å². The van der Waals surface area contributed by atoms with Crippen LogP contribution >= 0.6 is 11.6 Å². The molecular formula is C22H21ClF3N7O2.